The van der Waals surface area contributed by atoms with E-state index in [2.05, 4.69) is 22.4 Å². The van der Waals surface area contributed by atoms with Crippen LogP contribution in [0.25, 0.3) is 10.2 Å². The number of nitrogens with one attached hydrogen (secondary N) is 1. The van der Waals surface area contributed by atoms with Crippen LogP contribution in [0.3, 0.4) is 0 Å². The van der Waals surface area contributed by atoms with Crippen molar-refractivity contribution in [2.75, 3.05) is 19.5 Å². The summed E-state index contributed by atoms with van der Waals surface area (Å²) in [7, 11) is 3.10. The highest BCUT2D eigenvalue weighted by Crippen LogP contribution is 2.30. The Bertz CT molecular complexity index is 896. The molecular weight excluding hydrogens is 324 g/mol. The Balaban J connectivity index is 1.91. The Kier molecular flexibility index (Phi) is 4.40. The summed E-state index contributed by atoms with van der Waals surface area (Å²) in [6.45, 7) is 4.07. The van der Waals surface area contributed by atoms with Crippen LogP contribution in [0.4, 0.5) is 5.13 Å². The van der Waals surface area contributed by atoms with Gasteiger partial charge in [-0.15, -0.1) is 0 Å². The van der Waals surface area contributed by atoms with Crippen molar-refractivity contribution in [1.29, 1.82) is 0 Å². The van der Waals surface area contributed by atoms with Gasteiger partial charge in [0.2, 0.25) is 0 Å². The Labute approximate surface area is 144 Å². The Hall–Kier alpha value is -2.60. The fourth-order valence-electron chi connectivity index (χ4n) is 2.53. The predicted octanol–water partition coefficient (Wildman–Crippen LogP) is 4.18. The van der Waals surface area contributed by atoms with Crippen molar-refractivity contribution in [3.8, 4) is 11.5 Å². The van der Waals surface area contributed by atoms with Crippen LogP contribution in [0.5, 0.6) is 11.5 Å². The Morgan fingerprint density at radius 3 is 2.33 bits per heavy atom. The number of aromatic nitrogens is 1. The third-order valence-corrected chi connectivity index (χ3v) is 4.58. The quantitative estimate of drug-likeness (QED) is 0.772. The number of nitrogens with zero attached hydrogens (tertiary/aromatic N) is 1. The molecule has 2 aromatic carbocycles. The lowest BCUT2D eigenvalue weighted by molar-refractivity contribution is 0.102. The topological polar surface area (TPSA) is 60.5 Å². The molecule has 1 amide bonds. The summed E-state index contributed by atoms with van der Waals surface area (Å²) in [6.07, 6.45) is 0. The maximum Gasteiger partial charge on any atom is 0.257 e. The van der Waals surface area contributed by atoms with E-state index in [9.17, 15) is 4.79 Å². The zero-order valence-corrected chi connectivity index (χ0v) is 14.8. The SMILES string of the molecule is COc1cc(OC)cc(C(=O)Nc2nc3c(C)cc(C)cc3s2)c1. The van der Waals surface area contributed by atoms with Gasteiger partial charge in [0, 0.05) is 11.6 Å². The van der Waals surface area contributed by atoms with Crippen molar-refractivity contribution < 1.29 is 14.3 Å². The first-order valence-corrected chi connectivity index (χ1v) is 8.24. The number of fused-ring (bicyclic) bond motifs is 1. The molecule has 5 nitrogen and oxygen atoms in total. The molecule has 3 aromatic rings. The van der Waals surface area contributed by atoms with E-state index < -0.39 is 0 Å². The number of carbonyl (C=O) groups is 1. The number of benzene rings is 2. The van der Waals surface area contributed by atoms with Gasteiger partial charge in [0.05, 0.1) is 24.4 Å². The van der Waals surface area contributed by atoms with E-state index in [0.29, 0.717) is 22.2 Å². The lowest BCUT2D eigenvalue weighted by Gasteiger charge is -2.07. The zero-order valence-electron chi connectivity index (χ0n) is 14.0. The van der Waals surface area contributed by atoms with Crippen molar-refractivity contribution in [2.45, 2.75) is 13.8 Å². The summed E-state index contributed by atoms with van der Waals surface area (Å²) in [5, 5.41) is 3.43. The van der Waals surface area contributed by atoms with Gasteiger partial charge in [0.15, 0.2) is 5.13 Å². The van der Waals surface area contributed by atoms with Gasteiger partial charge < -0.3 is 9.47 Å². The molecule has 0 aliphatic heterocycles. The fourth-order valence-corrected chi connectivity index (χ4v) is 3.57. The van der Waals surface area contributed by atoms with Crippen molar-refractivity contribution in [3.05, 3.63) is 47.0 Å². The van der Waals surface area contributed by atoms with Gasteiger partial charge in [-0.2, -0.15) is 0 Å². The molecule has 1 aromatic heterocycles. The van der Waals surface area contributed by atoms with E-state index in [-0.39, 0.29) is 5.91 Å². The maximum absolute atomic E-state index is 12.5. The normalized spacial score (nSPS) is 10.7. The summed E-state index contributed by atoms with van der Waals surface area (Å²) in [6, 6.07) is 9.21. The lowest BCUT2D eigenvalue weighted by atomic mass is 10.1. The van der Waals surface area contributed by atoms with E-state index in [1.807, 2.05) is 13.8 Å². The molecule has 1 N–H and O–H groups in total. The van der Waals surface area contributed by atoms with Crippen LogP contribution in [0.2, 0.25) is 0 Å². The molecule has 0 fully saturated rings. The number of amides is 1. The highest BCUT2D eigenvalue weighted by atomic mass is 32.1. The summed E-state index contributed by atoms with van der Waals surface area (Å²) in [5.74, 6) is 0.881. The molecule has 0 saturated heterocycles. The molecule has 3 rings (SSSR count). The van der Waals surface area contributed by atoms with E-state index >= 15 is 0 Å². The molecule has 124 valence electrons. The molecule has 0 radical (unpaired) electrons. The summed E-state index contributed by atoms with van der Waals surface area (Å²) >= 11 is 1.46. The van der Waals surface area contributed by atoms with Gasteiger partial charge in [-0.25, -0.2) is 4.98 Å². The number of carbonyl (C=O) groups excluding carboxylic acids is 1. The van der Waals surface area contributed by atoms with Gasteiger partial charge in [0.1, 0.15) is 11.5 Å². The molecule has 24 heavy (non-hydrogen) atoms. The highest BCUT2D eigenvalue weighted by molar-refractivity contribution is 7.22. The monoisotopic (exact) mass is 342 g/mol. The molecule has 0 aliphatic rings. The largest absolute Gasteiger partial charge is 0.497 e. The first-order valence-electron chi connectivity index (χ1n) is 7.42. The number of anilines is 1. The third-order valence-electron chi connectivity index (χ3n) is 3.66. The van der Waals surface area contributed by atoms with Crippen LogP contribution < -0.4 is 14.8 Å². The molecule has 6 heteroatoms. The van der Waals surface area contributed by atoms with Gasteiger partial charge in [0.25, 0.3) is 5.91 Å². The second-order valence-corrected chi connectivity index (χ2v) is 6.53. The van der Waals surface area contributed by atoms with Crippen LogP contribution in [0.15, 0.2) is 30.3 Å². The van der Waals surface area contributed by atoms with Crippen molar-refractivity contribution in [1.82, 2.24) is 4.98 Å². The average Bonchev–Trinajstić information content (AvgIpc) is 2.96. The zero-order chi connectivity index (χ0) is 17.3. The first kappa shape index (κ1) is 16.3. The van der Waals surface area contributed by atoms with Crippen LogP contribution >= 0.6 is 11.3 Å². The van der Waals surface area contributed by atoms with E-state index in [0.717, 1.165) is 15.8 Å². The molecule has 0 atom stereocenters. The highest BCUT2D eigenvalue weighted by Gasteiger charge is 2.13. The second kappa shape index (κ2) is 6.49. The van der Waals surface area contributed by atoms with Gasteiger partial charge >= 0.3 is 0 Å². The van der Waals surface area contributed by atoms with E-state index in [4.69, 9.17) is 9.47 Å². The molecule has 1 heterocycles. The molecule has 0 saturated carbocycles. The van der Waals surface area contributed by atoms with Crippen molar-refractivity contribution in [3.63, 3.8) is 0 Å². The average molecular weight is 342 g/mol. The van der Waals surface area contributed by atoms with Crippen molar-refractivity contribution >= 4 is 32.6 Å². The van der Waals surface area contributed by atoms with Gasteiger partial charge in [-0.05, 0) is 43.2 Å². The number of thiazole rings is 1. The fraction of sp³-hybridized carbons (Fsp3) is 0.222. The number of aryl methyl sites for hydroxylation is 2. The lowest BCUT2D eigenvalue weighted by Crippen LogP contribution is -2.12. The number of methoxy groups -OCH3 is 2. The van der Waals surface area contributed by atoms with Crippen LogP contribution in [-0.2, 0) is 0 Å². The smallest absolute Gasteiger partial charge is 0.257 e. The summed E-state index contributed by atoms with van der Waals surface area (Å²) in [5.41, 5.74) is 3.66. The Morgan fingerprint density at radius 2 is 1.71 bits per heavy atom. The Morgan fingerprint density at radius 1 is 1.04 bits per heavy atom. The summed E-state index contributed by atoms with van der Waals surface area (Å²) < 4.78 is 11.5. The number of rotatable bonds is 4. The minimum Gasteiger partial charge on any atom is -0.497 e. The third kappa shape index (κ3) is 3.19. The number of hydrogen-bond donors (Lipinski definition) is 1. The standard InChI is InChI=1S/C18H18N2O3S/c1-10-5-11(2)16-15(6-10)24-18(19-16)20-17(21)12-7-13(22-3)9-14(8-12)23-4/h5-9H,1-4H3,(H,19,20,21). The van der Waals surface area contributed by atoms with Crippen LogP contribution in [0, 0.1) is 13.8 Å². The van der Waals surface area contributed by atoms with Crippen LogP contribution in [-0.4, -0.2) is 25.1 Å². The molecule has 0 aliphatic carbocycles. The molecular formula is C18H18N2O3S. The minimum atomic E-state index is -0.249. The van der Waals surface area contributed by atoms with Gasteiger partial charge in [-0.3, -0.25) is 10.1 Å². The van der Waals surface area contributed by atoms with Gasteiger partial charge in [-0.1, -0.05) is 17.4 Å². The van der Waals surface area contributed by atoms with Crippen molar-refractivity contribution in [2.24, 2.45) is 0 Å². The molecule has 0 spiro atoms. The second-order valence-electron chi connectivity index (χ2n) is 5.50. The molecule has 0 bridgehead atoms. The number of ether oxygens (including phenoxy) is 2. The summed E-state index contributed by atoms with van der Waals surface area (Å²) in [4.78, 5) is 17.1. The van der Waals surface area contributed by atoms with E-state index in [1.165, 1.54) is 16.9 Å². The van der Waals surface area contributed by atoms with Crippen LogP contribution in [0.1, 0.15) is 21.5 Å². The predicted molar refractivity (Wildman–Crippen MR) is 96.6 cm³/mol. The minimum absolute atomic E-state index is 0.249. The molecule has 0 unspecified atom stereocenters. The van der Waals surface area contributed by atoms with E-state index in [1.54, 1.807) is 32.4 Å². The maximum atomic E-state index is 12.5. The first-order chi connectivity index (χ1) is 11.5. The number of hydrogen-bond acceptors (Lipinski definition) is 5.